The van der Waals surface area contributed by atoms with Crippen LogP contribution in [0, 0.1) is 23.2 Å². The van der Waals surface area contributed by atoms with Gasteiger partial charge < -0.3 is 84.3 Å². The Morgan fingerprint density at radius 1 is 0.583 bits per heavy atom. The van der Waals surface area contributed by atoms with Crippen LogP contribution in [0.2, 0.25) is 0 Å². The van der Waals surface area contributed by atoms with Crippen molar-refractivity contribution in [2.45, 2.75) is 85.2 Å². The number of Topliss-reactive ketones (excluding diaryl/α,β-unsaturated/α-hetero) is 1. The van der Waals surface area contributed by atoms with E-state index in [1.807, 2.05) is 44.2 Å². The van der Waals surface area contributed by atoms with E-state index in [0.717, 1.165) is 37.9 Å². The fraction of sp³-hybridized carbons (Fsp3) is 0.745. The van der Waals surface area contributed by atoms with Crippen LogP contribution in [-0.4, -0.2) is 168 Å². The molecule has 21 heteroatoms. The summed E-state index contributed by atoms with van der Waals surface area (Å²) in [5, 5.41) is 18.1. The first kappa shape index (κ1) is 69.9. The summed E-state index contributed by atoms with van der Waals surface area (Å²) in [6.07, 6.45) is 5.62. The molecule has 0 aliphatic carbocycles. The molecule has 0 heterocycles. The molecule has 3 unspecified atom stereocenters. The molecule has 0 fully saturated rings. The maximum atomic E-state index is 13.3. The number of carbonyl (C=O) groups excluding carboxylic acids is 5. The fourth-order valence-electron chi connectivity index (χ4n) is 6.52. The number of allylic oxidation sites excluding steroid dienone is 1. The Morgan fingerprint density at radius 2 is 1.12 bits per heavy atom. The zero-order chi connectivity index (χ0) is 54.1. The Bertz CT molecular complexity index is 1510. The molecule has 0 radical (unpaired) electrons. The standard InChI is InChI=1S/C28H57N7O5.C18H28N2O5.C5H14N2/c1-22(27(38)35-15-13-32-11-8-30)19-25(36)28(3,4)21-24(20-26(37)34-14-12-31-10-7-29)23(2)33-9-6-16-40-18-17-39-5;1-23-10-11-24-9-5-8-20-18(22)16(13-19)12-17(21)25-14-15-6-3-2-4-7-15;6-4-2-1-3-5-7/h22,24,31-33H,2,6-21,29-30H2,1,3-5H3,(H,34,37)(H,35,38);2-4,6-7,16H,5,8-14,19H2,1H3,(H,20,22);1-7H2. The van der Waals surface area contributed by atoms with Gasteiger partial charge in [-0.3, -0.25) is 24.0 Å². The van der Waals surface area contributed by atoms with Gasteiger partial charge in [0, 0.05) is 135 Å². The smallest absolute Gasteiger partial charge is 0.306 e. The van der Waals surface area contributed by atoms with E-state index in [0.29, 0.717) is 124 Å². The maximum Gasteiger partial charge on any atom is 0.306 e. The highest BCUT2D eigenvalue weighted by Gasteiger charge is 2.34. The molecule has 1 rings (SSSR count). The molecule has 418 valence electrons. The van der Waals surface area contributed by atoms with E-state index in [4.69, 9.17) is 52.4 Å². The van der Waals surface area contributed by atoms with Crippen molar-refractivity contribution in [2.24, 2.45) is 51.8 Å². The molecule has 1 aromatic rings. The van der Waals surface area contributed by atoms with E-state index in [1.165, 1.54) is 6.42 Å². The molecule has 72 heavy (non-hydrogen) atoms. The second-order valence-corrected chi connectivity index (χ2v) is 17.8. The Morgan fingerprint density at radius 3 is 1.65 bits per heavy atom. The van der Waals surface area contributed by atoms with Gasteiger partial charge in [0.05, 0.1) is 38.8 Å². The predicted octanol–water partition coefficient (Wildman–Crippen LogP) is 0.428. The highest BCUT2D eigenvalue weighted by atomic mass is 16.5. The minimum Gasteiger partial charge on any atom is -0.461 e. The van der Waals surface area contributed by atoms with Crippen molar-refractivity contribution in [3.8, 4) is 0 Å². The predicted molar refractivity (Wildman–Crippen MR) is 285 cm³/mol. The summed E-state index contributed by atoms with van der Waals surface area (Å²) in [5.74, 6) is -2.26. The summed E-state index contributed by atoms with van der Waals surface area (Å²) < 4.78 is 25.8. The highest BCUT2D eigenvalue weighted by molar-refractivity contribution is 5.89. The number of ketones is 1. The number of unbranched alkanes of at least 4 members (excludes halogenated alkanes) is 2. The Kier molecular flexibility index (Phi) is 47.7. The van der Waals surface area contributed by atoms with Gasteiger partial charge in [-0.25, -0.2) is 0 Å². The molecule has 3 amide bonds. The van der Waals surface area contributed by atoms with Gasteiger partial charge >= 0.3 is 5.97 Å². The normalized spacial score (nSPS) is 12.2. The van der Waals surface area contributed by atoms with Crippen molar-refractivity contribution in [3.63, 3.8) is 0 Å². The van der Waals surface area contributed by atoms with Gasteiger partial charge in [0.1, 0.15) is 12.4 Å². The summed E-state index contributed by atoms with van der Waals surface area (Å²) in [6, 6.07) is 9.38. The first-order chi connectivity index (χ1) is 34.7. The first-order valence-electron chi connectivity index (χ1n) is 25.7. The van der Waals surface area contributed by atoms with Crippen molar-refractivity contribution in [3.05, 3.63) is 48.2 Å². The van der Waals surface area contributed by atoms with Crippen LogP contribution in [0.3, 0.4) is 0 Å². The number of carbonyl (C=O) groups is 5. The molecule has 0 saturated carbocycles. The number of hydrogen-bond acceptors (Lipinski definition) is 18. The maximum absolute atomic E-state index is 13.3. The third kappa shape index (κ3) is 41.4. The number of methoxy groups -OCH3 is 2. The molecule has 0 spiro atoms. The Hall–Kier alpha value is -4.13. The van der Waals surface area contributed by atoms with Gasteiger partial charge in [-0.2, -0.15) is 0 Å². The number of hydrogen-bond donors (Lipinski definition) is 11. The lowest BCUT2D eigenvalue weighted by Crippen LogP contribution is -2.39. The van der Waals surface area contributed by atoms with E-state index >= 15 is 0 Å². The van der Waals surface area contributed by atoms with Crippen LogP contribution in [0.25, 0.3) is 0 Å². The van der Waals surface area contributed by atoms with Gasteiger partial charge in [-0.05, 0) is 50.8 Å². The molecular formula is C51H99N11O10. The first-order valence-corrected chi connectivity index (χ1v) is 25.7. The minimum absolute atomic E-state index is 0.0212. The molecular weight excluding hydrogens is 927 g/mol. The molecule has 3 atom stereocenters. The Balaban J connectivity index is 0. The highest BCUT2D eigenvalue weighted by Crippen LogP contribution is 2.33. The van der Waals surface area contributed by atoms with E-state index in [1.54, 1.807) is 21.1 Å². The largest absolute Gasteiger partial charge is 0.461 e. The molecule has 0 aliphatic heterocycles. The van der Waals surface area contributed by atoms with E-state index in [-0.39, 0.29) is 61.8 Å². The van der Waals surface area contributed by atoms with E-state index < -0.39 is 23.2 Å². The average Bonchev–Trinajstić information content (AvgIpc) is 3.37. The lowest BCUT2D eigenvalue weighted by atomic mass is 9.75. The quantitative estimate of drug-likeness (QED) is 0.0312. The number of nitrogens with one attached hydrogen (secondary N) is 6. The molecule has 21 nitrogen and oxygen atoms in total. The van der Waals surface area contributed by atoms with E-state index in [9.17, 15) is 24.0 Å². The zero-order valence-electron chi connectivity index (χ0n) is 44.8. The summed E-state index contributed by atoms with van der Waals surface area (Å²) in [6.45, 7) is 20.6. The summed E-state index contributed by atoms with van der Waals surface area (Å²) >= 11 is 0. The number of amides is 3. The van der Waals surface area contributed by atoms with Crippen LogP contribution in [0.15, 0.2) is 42.6 Å². The monoisotopic (exact) mass is 1030 g/mol. The Labute approximate surface area is 432 Å². The third-order valence-corrected chi connectivity index (χ3v) is 10.9. The molecule has 16 N–H and O–H groups in total. The minimum atomic E-state index is -0.751. The molecule has 1 aromatic carbocycles. The van der Waals surface area contributed by atoms with E-state index in [2.05, 4.69) is 38.5 Å². The second-order valence-electron chi connectivity index (χ2n) is 17.8. The number of ether oxygens (including phenoxy) is 5. The van der Waals surface area contributed by atoms with Crippen LogP contribution < -0.4 is 60.6 Å². The van der Waals surface area contributed by atoms with Crippen molar-refractivity contribution < 1.29 is 47.7 Å². The topological polar surface area (TPSA) is 334 Å². The van der Waals surface area contributed by atoms with Gasteiger partial charge in [0.2, 0.25) is 17.7 Å². The fourth-order valence-corrected chi connectivity index (χ4v) is 6.52. The van der Waals surface area contributed by atoms with Gasteiger partial charge in [-0.15, -0.1) is 0 Å². The second kappa shape index (κ2) is 49.1. The van der Waals surface area contributed by atoms with Crippen LogP contribution in [0.4, 0.5) is 0 Å². The number of esters is 1. The van der Waals surface area contributed by atoms with Crippen molar-refractivity contribution in [1.29, 1.82) is 0 Å². The zero-order valence-corrected chi connectivity index (χ0v) is 44.8. The van der Waals surface area contributed by atoms with Crippen molar-refractivity contribution >= 4 is 29.5 Å². The molecule has 0 saturated heterocycles. The van der Waals surface area contributed by atoms with Crippen LogP contribution >= 0.6 is 0 Å². The molecule has 0 bridgehead atoms. The third-order valence-electron chi connectivity index (χ3n) is 10.9. The lowest BCUT2D eigenvalue weighted by molar-refractivity contribution is -0.148. The number of benzene rings is 1. The lowest BCUT2D eigenvalue weighted by Gasteiger charge is -2.31. The van der Waals surface area contributed by atoms with Gasteiger partial charge in [-0.1, -0.05) is 64.1 Å². The average molecular weight is 1030 g/mol. The summed E-state index contributed by atoms with van der Waals surface area (Å²) in [5.41, 5.74) is 27.9. The van der Waals surface area contributed by atoms with Gasteiger partial charge in [0.15, 0.2) is 0 Å². The summed E-state index contributed by atoms with van der Waals surface area (Å²) in [4.78, 5) is 62.5. The SMILES string of the molecule is C=C(NCCCOCCOC)C(CC(=O)NCCNCCN)CC(C)(C)C(=O)CC(C)C(=O)NCCNCCN.COCCOCCCNC(=O)C(CN)CC(=O)OCc1ccccc1.NCCCCCN. The van der Waals surface area contributed by atoms with Gasteiger partial charge in [0.25, 0.3) is 0 Å². The van der Waals surface area contributed by atoms with Crippen LogP contribution in [0.5, 0.6) is 0 Å². The number of nitrogens with two attached hydrogens (primary N) is 5. The molecule has 0 aliphatic rings. The summed E-state index contributed by atoms with van der Waals surface area (Å²) in [7, 11) is 3.24. The van der Waals surface area contributed by atoms with Crippen LogP contribution in [0.1, 0.15) is 84.1 Å². The molecule has 0 aromatic heterocycles. The number of rotatable bonds is 44. The van der Waals surface area contributed by atoms with Crippen LogP contribution in [-0.2, 0) is 54.3 Å². The van der Waals surface area contributed by atoms with Crippen molar-refractivity contribution in [1.82, 2.24) is 31.9 Å². The van der Waals surface area contributed by atoms with Crippen molar-refractivity contribution in [2.75, 3.05) is 139 Å².